The second-order valence-electron chi connectivity index (χ2n) is 5.69. The maximum atomic E-state index is 12.2. The van der Waals surface area contributed by atoms with Crippen molar-refractivity contribution in [1.29, 1.82) is 0 Å². The van der Waals surface area contributed by atoms with E-state index in [-0.39, 0.29) is 31.1 Å². The fourth-order valence-corrected chi connectivity index (χ4v) is 2.51. The molecular weight excluding hydrogens is 260 g/mol. The van der Waals surface area contributed by atoms with Crippen LogP contribution in [0.15, 0.2) is 0 Å². The molecule has 0 radical (unpaired) electrons. The number of hydrogen-bond donors (Lipinski definition) is 3. The van der Waals surface area contributed by atoms with E-state index in [1.165, 1.54) is 4.90 Å². The zero-order valence-corrected chi connectivity index (χ0v) is 12.3. The maximum absolute atomic E-state index is 12.2. The van der Waals surface area contributed by atoms with Crippen LogP contribution in [0, 0.1) is 0 Å². The summed E-state index contributed by atoms with van der Waals surface area (Å²) in [7, 11) is 0. The Kier molecular flexibility index (Phi) is 6.78. The van der Waals surface area contributed by atoms with Gasteiger partial charge in [-0.25, -0.2) is 4.79 Å². The van der Waals surface area contributed by atoms with Crippen molar-refractivity contribution in [1.82, 2.24) is 10.2 Å². The molecule has 0 aromatic rings. The molecule has 6 nitrogen and oxygen atoms in total. The summed E-state index contributed by atoms with van der Waals surface area (Å²) in [5, 5.41) is 21.6. The van der Waals surface area contributed by atoms with E-state index in [1.807, 2.05) is 13.8 Å². The number of nitrogens with one attached hydrogen (secondary N) is 1. The summed E-state index contributed by atoms with van der Waals surface area (Å²) in [6, 6.07) is -0.583. The minimum absolute atomic E-state index is 0.0706. The van der Waals surface area contributed by atoms with Gasteiger partial charge in [-0.3, -0.25) is 4.79 Å². The smallest absolute Gasteiger partial charge is 0.317 e. The first-order valence-corrected chi connectivity index (χ1v) is 7.38. The number of aliphatic hydroxyl groups is 1. The minimum Gasteiger partial charge on any atom is -0.481 e. The first kappa shape index (κ1) is 16.8. The Balaban J connectivity index is 2.57. The number of hydrogen-bond acceptors (Lipinski definition) is 3. The molecule has 0 spiro atoms. The highest BCUT2D eigenvalue weighted by molar-refractivity contribution is 5.76. The topological polar surface area (TPSA) is 89.9 Å². The number of aliphatic carboxylic acids is 1. The molecule has 2 amide bonds. The maximum Gasteiger partial charge on any atom is 0.317 e. The van der Waals surface area contributed by atoms with Gasteiger partial charge < -0.3 is 20.4 Å². The molecule has 0 aromatic heterocycles. The molecule has 0 heterocycles. The normalized spacial score (nSPS) is 23.2. The quantitative estimate of drug-likeness (QED) is 0.669. The Hall–Kier alpha value is -1.30. The molecular formula is C14H26N2O4. The molecule has 1 aliphatic carbocycles. The van der Waals surface area contributed by atoms with Gasteiger partial charge in [0, 0.05) is 12.6 Å². The lowest BCUT2D eigenvalue weighted by Crippen LogP contribution is -2.51. The number of carbonyl (C=O) groups is 2. The van der Waals surface area contributed by atoms with E-state index < -0.39 is 12.1 Å². The Morgan fingerprint density at radius 1 is 1.25 bits per heavy atom. The summed E-state index contributed by atoms with van der Waals surface area (Å²) in [6.07, 6.45) is 3.98. The summed E-state index contributed by atoms with van der Waals surface area (Å²) in [5.74, 6) is -0.919. The van der Waals surface area contributed by atoms with Gasteiger partial charge in [-0.1, -0.05) is 19.3 Å². The number of amides is 2. The summed E-state index contributed by atoms with van der Waals surface area (Å²) in [6.45, 7) is 3.89. The molecule has 3 N–H and O–H groups in total. The minimum atomic E-state index is -0.919. The van der Waals surface area contributed by atoms with Crippen molar-refractivity contribution < 1.29 is 19.8 Å². The van der Waals surface area contributed by atoms with Crippen molar-refractivity contribution in [3.63, 3.8) is 0 Å². The largest absolute Gasteiger partial charge is 0.481 e. The third-order valence-corrected chi connectivity index (χ3v) is 3.74. The molecule has 1 fully saturated rings. The van der Waals surface area contributed by atoms with Gasteiger partial charge in [0.2, 0.25) is 0 Å². The van der Waals surface area contributed by atoms with E-state index in [1.54, 1.807) is 0 Å². The van der Waals surface area contributed by atoms with Gasteiger partial charge in [0.1, 0.15) is 0 Å². The van der Waals surface area contributed by atoms with Crippen LogP contribution in [0.4, 0.5) is 4.79 Å². The third-order valence-electron chi connectivity index (χ3n) is 3.74. The van der Waals surface area contributed by atoms with Crippen LogP contribution < -0.4 is 5.32 Å². The van der Waals surface area contributed by atoms with Gasteiger partial charge in [-0.05, 0) is 26.7 Å². The average Bonchev–Trinajstić information content (AvgIpc) is 2.54. The number of nitrogens with zero attached hydrogens (tertiary/aromatic N) is 1. The number of carboxylic acids is 1. The molecule has 6 heteroatoms. The van der Waals surface area contributed by atoms with Crippen LogP contribution in [0.5, 0.6) is 0 Å². The highest BCUT2D eigenvalue weighted by Gasteiger charge is 2.26. The van der Waals surface area contributed by atoms with Crippen LogP contribution in [-0.4, -0.2) is 51.8 Å². The lowest BCUT2D eigenvalue weighted by atomic mass is 10.1. The molecule has 0 aliphatic heterocycles. The predicted molar refractivity (Wildman–Crippen MR) is 75.5 cm³/mol. The zero-order valence-electron chi connectivity index (χ0n) is 12.3. The molecule has 1 rings (SSSR count). The standard InChI is InChI=1S/C14H26N2O4/c1-10(2)16(9-8-13(18)19)14(20)15-11-6-4-3-5-7-12(11)17/h10-12,17H,3-9H2,1-2H3,(H,15,20)(H,18,19). The Morgan fingerprint density at radius 2 is 1.90 bits per heavy atom. The van der Waals surface area contributed by atoms with Crippen LogP contribution in [0.25, 0.3) is 0 Å². The Morgan fingerprint density at radius 3 is 2.50 bits per heavy atom. The fourth-order valence-electron chi connectivity index (χ4n) is 2.51. The van der Waals surface area contributed by atoms with Crippen molar-refractivity contribution in [2.45, 2.75) is 70.6 Å². The van der Waals surface area contributed by atoms with Gasteiger partial charge in [0.25, 0.3) is 0 Å². The zero-order chi connectivity index (χ0) is 15.1. The van der Waals surface area contributed by atoms with E-state index in [9.17, 15) is 14.7 Å². The summed E-state index contributed by atoms with van der Waals surface area (Å²) in [5.41, 5.74) is 0. The van der Waals surface area contributed by atoms with E-state index in [0.717, 1.165) is 25.7 Å². The molecule has 0 aromatic carbocycles. The molecule has 1 saturated carbocycles. The van der Waals surface area contributed by atoms with Gasteiger partial charge >= 0.3 is 12.0 Å². The summed E-state index contributed by atoms with van der Waals surface area (Å²) in [4.78, 5) is 24.4. The highest BCUT2D eigenvalue weighted by Crippen LogP contribution is 2.18. The summed E-state index contributed by atoms with van der Waals surface area (Å²) >= 11 is 0. The molecule has 1 aliphatic rings. The van der Waals surface area contributed by atoms with Gasteiger partial charge in [0.05, 0.1) is 18.6 Å². The molecule has 116 valence electrons. The van der Waals surface area contributed by atoms with Crippen molar-refractivity contribution in [3.05, 3.63) is 0 Å². The molecule has 2 unspecified atom stereocenters. The number of carboxylic acid groups (broad SMARTS) is 1. The molecule has 2 atom stereocenters. The summed E-state index contributed by atoms with van der Waals surface area (Å²) < 4.78 is 0. The van der Waals surface area contributed by atoms with Crippen LogP contribution in [0.1, 0.15) is 52.4 Å². The predicted octanol–water partition coefficient (Wildman–Crippen LogP) is 1.57. The number of aliphatic hydroxyl groups excluding tert-OH is 1. The molecule has 0 bridgehead atoms. The van der Waals surface area contributed by atoms with Crippen LogP contribution in [-0.2, 0) is 4.79 Å². The fraction of sp³-hybridized carbons (Fsp3) is 0.857. The van der Waals surface area contributed by atoms with E-state index in [0.29, 0.717) is 6.42 Å². The number of carbonyl (C=O) groups excluding carboxylic acids is 1. The first-order valence-electron chi connectivity index (χ1n) is 7.38. The Labute approximate surface area is 120 Å². The van der Waals surface area contributed by atoms with Crippen molar-refractivity contribution in [3.8, 4) is 0 Å². The van der Waals surface area contributed by atoms with E-state index in [4.69, 9.17) is 5.11 Å². The van der Waals surface area contributed by atoms with Gasteiger partial charge in [-0.2, -0.15) is 0 Å². The van der Waals surface area contributed by atoms with Crippen molar-refractivity contribution in [2.75, 3.05) is 6.54 Å². The van der Waals surface area contributed by atoms with Gasteiger partial charge in [0.15, 0.2) is 0 Å². The van der Waals surface area contributed by atoms with E-state index in [2.05, 4.69) is 5.32 Å². The first-order chi connectivity index (χ1) is 9.41. The number of rotatable bonds is 5. The Bertz CT molecular complexity index is 333. The van der Waals surface area contributed by atoms with Crippen LogP contribution in [0.3, 0.4) is 0 Å². The second-order valence-corrected chi connectivity index (χ2v) is 5.69. The van der Waals surface area contributed by atoms with Crippen molar-refractivity contribution in [2.24, 2.45) is 0 Å². The van der Waals surface area contributed by atoms with Crippen LogP contribution in [0.2, 0.25) is 0 Å². The van der Waals surface area contributed by atoms with E-state index >= 15 is 0 Å². The lowest BCUT2D eigenvalue weighted by Gasteiger charge is -2.30. The van der Waals surface area contributed by atoms with Crippen molar-refractivity contribution >= 4 is 12.0 Å². The number of urea groups is 1. The van der Waals surface area contributed by atoms with Crippen LogP contribution >= 0.6 is 0 Å². The second kappa shape index (κ2) is 8.09. The monoisotopic (exact) mass is 286 g/mol. The molecule has 20 heavy (non-hydrogen) atoms. The SMILES string of the molecule is CC(C)N(CCC(=O)O)C(=O)NC1CCCCCC1O. The van der Waals surface area contributed by atoms with Gasteiger partial charge in [-0.15, -0.1) is 0 Å². The molecule has 0 saturated heterocycles. The lowest BCUT2D eigenvalue weighted by molar-refractivity contribution is -0.137. The average molecular weight is 286 g/mol. The third kappa shape index (κ3) is 5.36. The highest BCUT2D eigenvalue weighted by atomic mass is 16.4.